The first-order chi connectivity index (χ1) is 17.6. The molecule has 0 aliphatic heterocycles. The lowest BCUT2D eigenvalue weighted by atomic mass is 10.1. The van der Waals surface area contributed by atoms with Gasteiger partial charge in [0.15, 0.2) is 0 Å². The van der Waals surface area contributed by atoms with E-state index in [-0.39, 0.29) is 27.8 Å². The van der Waals surface area contributed by atoms with Crippen LogP contribution >= 0.6 is 27.3 Å². The second-order valence-corrected chi connectivity index (χ2v) is 9.44. The molecule has 12 heteroatoms. The molecule has 7 nitrogen and oxygen atoms in total. The lowest BCUT2D eigenvalue weighted by Crippen LogP contribution is -2.11. The Morgan fingerprint density at radius 2 is 1.89 bits per heavy atom. The third-order valence-electron chi connectivity index (χ3n) is 5.26. The summed E-state index contributed by atoms with van der Waals surface area (Å²) in [6.45, 7) is 0. The Balaban J connectivity index is 1.46. The maximum Gasteiger partial charge on any atom is 0.417 e. The van der Waals surface area contributed by atoms with Crippen LogP contribution in [0.15, 0.2) is 83.0 Å². The molecule has 0 bridgehead atoms. The van der Waals surface area contributed by atoms with Gasteiger partial charge in [0, 0.05) is 44.6 Å². The fourth-order valence-corrected chi connectivity index (χ4v) is 4.74. The number of aromatic nitrogens is 1. The van der Waals surface area contributed by atoms with Crippen LogP contribution in [-0.2, 0) is 6.18 Å². The Kier molecular flexibility index (Phi) is 6.18. The Bertz CT molecular complexity index is 1880. The molecule has 0 radical (unpaired) electrons. The van der Waals surface area contributed by atoms with Gasteiger partial charge in [-0.05, 0) is 36.4 Å². The van der Waals surface area contributed by atoms with Crippen LogP contribution in [-0.4, -0.2) is 4.98 Å². The minimum absolute atomic E-state index is 0.106. The van der Waals surface area contributed by atoms with Crippen LogP contribution in [0.25, 0.3) is 38.8 Å². The predicted octanol–water partition coefficient (Wildman–Crippen LogP) is 6.78. The second kappa shape index (κ2) is 9.34. The smallest absolute Gasteiger partial charge is 0.417 e. The van der Waals surface area contributed by atoms with E-state index < -0.39 is 23.0 Å². The molecule has 5 rings (SSSR count). The molecule has 0 spiro atoms. The van der Waals surface area contributed by atoms with E-state index in [4.69, 9.17) is 8.83 Å². The number of halogens is 4. The highest BCUT2D eigenvalue weighted by molar-refractivity contribution is 9.10. The summed E-state index contributed by atoms with van der Waals surface area (Å²) >= 11 is 4.50. The number of thiazole rings is 1. The first-order valence-electron chi connectivity index (χ1n) is 10.3. The molecule has 1 N–H and O–H groups in total. The lowest BCUT2D eigenvalue weighted by Gasteiger charge is -2.10. The summed E-state index contributed by atoms with van der Waals surface area (Å²) in [7, 11) is 0. The van der Waals surface area contributed by atoms with Crippen LogP contribution < -0.4 is 16.6 Å². The zero-order chi connectivity index (χ0) is 26.3. The van der Waals surface area contributed by atoms with Gasteiger partial charge in [0.2, 0.25) is 0 Å². The van der Waals surface area contributed by atoms with Gasteiger partial charge in [-0.1, -0.05) is 15.9 Å². The van der Waals surface area contributed by atoms with E-state index in [9.17, 15) is 28.0 Å². The predicted molar refractivity (Wildman–Crippen MR) is 136 cm³/mol. The molecular formula is C25H11BrF3N3O4S. The lowest BCUT2D eigenvalue weighted by molar-refractivity contribution is -0.136. The van der Waals surface area contributed by atoms with Crippen molar-refractivity contribution in [1.82, 2.24) is 4.98 Å². The highest BCUT2D eigenvalue weighted by Crippen LogP contribution is 2.35. The van der Waals surface area contributed by atoms with E-state index >= 15 is 0 Å². The van der Waals surface area contributed by atoms with E-state index in [1.807, 2.05) is 6.07 Å². The van der Waals surface area contributed by atoms with E-state index in [2.05, 4.69) is 26.2 Å². The molecule has 0 saturated heterocycles. The Hall–Kier alpha value is -4.21. The van der Waals surface area contributed by atoms with Gasteiger partial charge in [0.05, 0.1) is 16.8 Å². The number of hydrogen-bond acceptors (Lipinski definition) is 8. The molecule has 0 aliphatic carbocycles. The van der Waals surface area contributed by atoms with Gasteiger partial charge in [-0.25, -0.2) is 14.6 Å². The van der Waals surface area contributed by atoms with Gasteiger partial charge in [-0.2, -0.15) is 18.4 Å². The standard InChI is InChI=1S/C25H11BrF3N3O4S/c26-14-1-4-20-12(5-14)6-17(24(34)36-20)19-11-37-23(32-19)13(9-30)10-31-15-2-3-16-18(25(27,28)29)8-22(33)35-21(16)7-15/h1-8,10-11,31H/b13-10+. The van der Waals surface area contributed by atoms with Gasteiger partial charge in [-0.3, -0.25) is 0 Å². The first-order valence-corrected chi connectivity index (χ1v) is 12.0. The molecule has 0 fully saturated rings. The molecule has 2 aromatic carbocycles. The average molecular weight is 586 g/mol. The molecule has 0 saturated carbocycles. The SMILES string of the molecule is N#C/C(=C\Nc1ccc2c(C(F)(F)F)cc(=O)oc2c1)c1nc(-c2cc3cc(Br)ccc3oc2=O)cs1. The highest BCUT2D eigenvalue weighted by Gasteiger charge is 2.33. The summed E-state index contributed by atoms with van der Waals surface area (Å²) in [5.41, 5.74) is -1.72. The van der Waals surface area contributed by atoms with Crippen molar-refractivity contribution in [3.63, 3.8) is 0 Å². The number of hydrogen-bond donors (Lipinski definition) is 1. The summed E-state index contributed by atoms with van der Waals surface area (Å²) < 4.78 is 50.9. The van der Waals surface area contributed by atoms with Gasteiger partial charge in [-0.15, -0.1) is 11.3 Å². The molecule has 3 aromatic heterocycles. The van der Waals surface area contributed by atoms with Gasteiger partial charge >= 0.3 is 17.4 Å². The van der Waals surface area contributed by atoms with Gasteiger partial charge < -0.3 is 14.2 Å². The fraction of sp³-hybridized carbons (Fsp3) is 0.0400. The summed E-state index contributed by atoms with van der Waals surface area (Å²) in [6, 6.07) is 13.0. The maximum atomic E-state index is 13.3. The molecule has 0 aliphatic rings. The van der Waals surface area contributed by atoms with Crippen LogP contribution in [0.5, 0.6) is 0 Å². The number of rotatable bonds is 4. The summed E-state index contributed by atoms with van der Waals surface area (Å²) in [5, 5.41) is 14.8. The van der Waals surface area contributed by atoms with E-state index in [0.29, 0.717) is 27.7 Å². The van der Waals surface area contributed by atoms with Gasteiger partial charge in [0.1, 0.15) is 27.8 Å². The average Bonchev–Trinajstić information content (AvgIpc) is 3.32. The first kappa shape index (κ1) is 24.5. The Morgan fingerprint density at radius 1 is 1.08 bits per heavy atom. The normalized spacial score (nSPS) is 12.1. The van der Waals surface area contributed by atoms with Crippen LogP contribution in [0, 0.1) is 11.3 Å². The Labute approximate surface area is 217 Å². The largest absolute Gasteiger partial charge is 0.423 e. The highest BCUT2D eigenvalue weighted by atomic mass is 79.9. The van der Waals surface area contributed by atoms with E-state index in [0.717, 1.165) is 15.8 Å². The summed E-state index contributed by atoms with van der Waals surface area (Å²) in [4.78, 5) is 28.5. The van der Waals surface area contributed by atoms with Crippen LogP contribution in [0.3, 0.4) is 0 Å². The number of nitrogens with zero attached hydrogens (tertiary/aromatic N) is 2. The third-order valence-corrected chi connectivity index (χ3v) is 6.63. The zero-order valence-electron chi connectivity index (χ0n) is 18.2. The van der Waals surface area contributed by atoms with Crippen molar-refractivity contribution < 1.29 is 22.0 Å². The monoisotopic (exact) mass is 585 g/mol. The minimum atomic E-state index is -4.72. The number of benzene rings is 2. The fourth-order valence-electron chi connectivity index (χ4n) is 3.58. The van der Waals surface area contributed by atoms with Crippen LogP contribution in [0.1, 0.15) is 10.6 Å². The summed E-state index contributed by atoms with van der Waals surface area (Å²) in [5.74, 6) is 0. The molecule has 0 unspecified atom stereocenters. The number of fused-ring (bicyclic) bond motifs is 2. The number of anilines is 1. The van der Waals surface area contributed by atoms with E-state index in [1.165, 1.54) is 24.4 Å². The van der Waals surface area contributed by atoms with Crippen molar-refractivity contribution >= 4 is 60.5 Å². The minimum Gasteiger partial charge on any atom is -0.423 e. The van der Waals surface area contributed by atoms with Gasteiger partial charge in [0.25, 0.3) is 0 Å². The van der Waals surface area contributed by atoms with Crippen molar-refractivity contribution in [2.75, 3.05) is 5.32 Å². The molecule has 37 heavy (non-hydrogen) atoms. The molecular weight excluding hydrogens is 575 g/mol. The second-order valence-electron chi connectivity index (χ2n) is 7.67. The van der Waals surface area contributed by atoms with Crippen LogP contribution in [0.2, 0.25) is 0 Å². The van der Waals surface area contributed by atoms with Crippen LogP contribution in [0.4, 0.5) is 18.9 Å². The van der Waals surface area contributed by atoms with Crippen molar-refractivity contribution in [2.24, 2.45) is 0 Å². The topological polar surface area (TPSA) is 109 Å². The van der Waals surface area contributed by atoms with Crippen molar-refractivity contribution in [2.45, 2.75) is 6.18 Å². The maximum absolute atomic E-state index is 13.3. The molecule has 5 aromatic rings. The molecule has 184 valence electrons. The number of nitrogens with one attached hydrogen (secondary N) is 1. The Morgan fingerprint density at radius 3 is 2.65 bits per heavy atom. The number of allylic oxidation sites excluding steroid dienone is 1. The summed E-state index contributed by atoms with van der Waals surface area (Å²) in [6.07, 6.45) is -3.41. The van der Waals surface area contributed by atoms with Crippen molar-refractivity contribution in [1.29, 1.82) is 5.26 Å². The number of nitriles is 1. The molecule has 0 atom stereocenters. The molecule has 0 amide bonds. The van der Waals surface area contributed by atoms with E-state index in [1.54, 1.807) is 29.6 Å². The third kappa shape index (κ3) is 4.91. The quantitative estimate of drug-likeness (QED) is 0.183. The van der Waals surface area contributed by atoms with Crippen molar-refractivity contribution in [3.8, 4) is 17.3 Å². The number of alkyl halides is 3. The molecule has 3 heterocycles. The van der Waals surface area contributed by atoms with Crippen molar-refractivity contribution in [3.05, 3.63) is 96.0 Å². The zero-order valence-corrected chi connectivity index (χ0v) is 20.6.